The zero-order valence-corrected chi connectivity index (χ0v) is 12.7. The Morgan fingerprint density at radius 1 is 0.909 bits per heavy atom. The standard InChI is InChI=1S/C19H21NO2/c21-18-11-12-22-19(18)15-20(13-16-7-3-1-4-8-16)14-17-9-5-2-6-10-17/h1-10,19H,11-15H2/t19-/m0/s1. The van der Waals surface area contributed by atoms with Crippen molar-refractivity contribution >= 4 is 5.78 Å². The van der Waals surface area contributed by atoms with E-state index in [2.05, 4.69) is 29.2 Å². The molecule has 0 radical (unpaired) electrons. The molecule has 1 fully saturated rings. The van der Waals surface area contributed by atoms with Gasteiger partial charge in [-0.2, -0.15) is 0 Å². The molecule has 0 N–H and O–H groups in total. The van der Waals surface area contributed by atoms with Gasteiger partial charge in [-0.3, -0.25) is 9.69 Å². The third-order valence-electron chi connectivity index (χ3n) is 3.95. The lowest BCUT2D eigenvalue weighted by atomic mass is 10.1. The monoisotopic (exact) mass is 295 g/mol. The number of Topliss-reactive ketones (excluding diaryl/α,β-unsaturated/α-hetero) is 1. The van der Waals surface area contributed by atoms with E-state index in [9.17, 15) is 4.79 Å². The maximum absolute atomic E-state index is 11.9. The van der Waals surface area contributed by atoms with Crippen molar-refractivity contribution in [2.45, 2.75) is 25.6 Å². The van der Waals surface area contributed by atoms with Crippen LogP contribution in [-0.4, -0.2) is 29.9 Å². The molecular weight excluding hydrogens is 274 g/mol. The molecule has 0 amide bonds. The van der Waals surface area contributed by atoms with Crippen LogP contribution in [-0.2, 0) is 22.6 Å². The number of ketones is 1. The number of nitrogens with zero attached hydrogens (tertiary/aromatic N) is 1. The zero-order chi connectivity index (χ0) is 15.2. The van der Waals surface area contributed by atoms with Crippen LogP contribution in [0.3, 0.4) is 0 Å². The van der Waals surface area contributed by atoms with Crippen molar-refractivity contribution in [3.8, 4) is 0 Å². The summed E-state index contributed by atoms with van der Waals surface area (Å²) in [6.07, 6.45) is 0.280. The van der Waals surface area contributed by atoms with Gasteiger partial charge >= 0.3 is 0 Å². The summed E-state index contributed by atoms with van der Waals surface area (Å²) in [7, 11) is 0. The van der Waals surface area contributed by atoms with Gasteiger partial charge in [-0.15, -0.1) is 0 Å². The van der Waals surface area contributed by atoms with E-state index in [-0.39, 0.29) is 11.9 Å². The van der Waals surface area contributed by atoms with Gasteiger partial charge in [-0.1, -0.05) is 60.7 Å². The Balaban J connectivity index is 1.71. The molecule has 22 heavy (non-hydrogen) atoms. The molecule has 1 saturated heterocycles. The first-order valence-corrected chi connectivity index (χ1v) is 7.76. The lowest BCUT2D eigenvalue weighted by Crippen LogP contribution is -2.34. The van der Waals surface area contributed by atoms with Crippen molar-refractivity contribution in [3.63, 3.8) is 0 Å². The molecule has 1 aliphatic rings. The van der Waals surface area contributed by atoms with Gasteiger partial charge in [0.05, 0.1) is 6.61 Å². The molecule has 0 saturated carbocycles. The Kier molecular flexibility index (Phi) is 4.99. The minimum Gasteiger partial charge on any atom is -0.369 e. The summed E-state index contributed by atoms with van der Waals surface area (Å²) >= 11 is 0. The molecule has 1 atom stereocenters. The van der Waals surface area contributed by atoms with Crippen molar-refractivity contribution in [1.29, 1.82) is 0 Å². The van der Waals surface area contributed by atoms with Crippen molar-refractivity contribution in [2.24, 2.45) is 0 Å². The molecule has 2 aromatic carbocycles. The number of hydrogen-bond acceptors (Lipinski definition) is 3. The number of carbonyl (C=O) groups excluding carboxylic acids is 1. The highest BCUT2D eigenvalue weighted by Crippen LogP contribution is 2.15. The predicted molar refractivity (Wildman–Crippen MR) is 86.4 cm³/mol. The van der Waals surface area contributed by atoms with Crippen LogP contribution in [0.25, 0.3) is 0 Å². The van der Waals surface area contributed by atoms with Gasteiger partial charge in [0, 0.05) is 26.1 Å². The average molecular weight is 295 g/mol. The number of carbonyl (C=O) groups is 1. The zero-order valence-electron chi connectivity index (χ0n) is 12.7. The van der Waals surface area contributed by atoms with Crippen LogP contribution < -0.4 is 0 Å². The number of ether oxygens (including phenoxy) is 1. The summed E-state index contributed by atoms with van der Waals surface area (Å²) in [6, 6.07) is 20.7. The topological polar surface area (TPSA) is 29.5 Å². The second-order valence-corrected chi connectivity index (χ2v) is 5.72. The lowest BCUT2D eigenvalue weighted by Gasteiger charge is -2.25. The molecule has 3 heteroatoms. The van der Waals surface area contributed by atoms with E-state index in [1.54, 1.807) is 0 Å². The van der Waals surface area contributed by atoms with E-state index in [4.69, 9.17) is 4.74 Å². The van der Waals surface area contributed by atoms with Crippen molar-refractivity contribution in [3.05, 3.63) is 71.8 Å². The molecular formula is C19H21NO2. The highest BCUT2D eigenvalue weighted by atomic mass is 16.5. The summed E-state index contributed by atoms with van der Waals surface area (Å²) in [5.41, 5.74) is 2.51. The van der Waals surface area contributed by atoms with Crippen LogP contribution in [0, 0.1) is 0 Å². The quantitative estimate of drug-likeness (QED) is 0.820. The van der Waals surface area contributed by atoms with Crippen molar-refractivity contribution in [1.82, 2.24) is 4.90 Å². The van der Waals surface area contributed by atoms with Crippen LogP contribution in [0.15, 0.2) is 60.7 Å². The fraction of sp³-hybridized carbons (Fsp3) is 0.316. The highest BCUT2D eigenvalue weighted by molar-refractivity contribution is 5.84. The summed E-state index contributed by atoms with van der Waals surface area (Å²) < 4.78 is 5.58. The first kappa shape index (κ1) is 14.9. The Bertz CT molecular complexity index is 556. The SMILES string of the molecule is O=C1CCO[C@H]1CN(Cc1ccccc1)Cc1ccccc1. The van der Waals surface area contributed by atoms with E-state index < -0.39 is 0 Å². The Hall–Kier alpha value is -1.97. The van der Waals surface area contributed by atoms with Crippen LogP contribution in [0.4, 0.5) is 0 Å². The lowest BCUT2D eigenvalue weighted by molar-refractivity contribution is -0.123. The number of rotatable bonds is 6. The second-order valence-electron chi connectivity index (χ2n) is 5.72. The minimum absolute atomic E-state index is 0.228. The summed E-state index contributed by atoms with van der Waals surface area (Å²) in [4.78, 5) is 14.2. The fourth-order valence-electron chi connectivity index (χ4n) is 2.81. The largest absolute Gasteiger partial charge is 0.369 e. The molecule has 3 nitrogen and oxygen atoms in total. The summed E-state index contributed by atoms with van der Waals surface area (Å²) in [5, 5.41) is 0. The van der Waals surface area contributed by atoms with Gasteiger partial charge in [-0.25, -0.2) is 0 Å². The van der Waals surface area contributed by atoms with Gasteiger partial charge in [0.15, 0.2) is 5.78 Å². The van der Waals surface area contributed by atoms with Crippen LogP contribution >= 0.6 is 0 Å². The highest BCUT2D eigenvalue weighted by Gasteiger charge is 2.27. The molecule has 0 aliphatic carbocycles. The molecule has 3 rings (SSSR count). The first-order chi connectivity index (χ1) is 10.8. The first-order valence-electron chi connectivity index (χ1n) is 7.76. The number of benzene rings is 2. The maximum Gasteiger partial charge on any atom is 0.165 e. The third kappa shape index (κ3) is 4.03. The maximum atomic E-state index is 11.9. The summed E-state index contributed by atoms with van der Waals surface area (Å²) in [5.74, 6) is 0.228. The van der Waals surface area contributed by atoms with Gasteiger partial charge in [0.1, 0.15) is 6.10 Å². The molecule has 0 spiro atoms. The Morgan fingerprint density at radius 2 is 1.45 bits per heavy atom. The molecule has 2 aromatic rings. The molecule has 1 heterocycles. The predicted octanol–water partition coefficient (Wildman–Crippen LogP) is 3.05. The van der Waals surface area contributed by atoms with Crippen LogP contribution in [0.5, 0.6) is 0 Å². The normalized spacial score (nSPS) is 18.0. The number of hydrogen-bond donors (Lipinski definition) is 0. The molecule has 0 bridgehead atoms. The van der Waals surface area contributed by atoms with Crippen molar-refractivity contribution in [2.75, 3.05) is 13.2 Å². The Labute approximate surface area is 131 Å². The van der Waals surface area contributed by atoms with Crippen molar-refractivity contribution < 1.29 is 9.53 Å². The fourth-order valence-corrected chi connectivity index (χ4v) is 2.81. The second kappa shape index (κ2) is 7.34. The molecule has 1 aliphatic heterocycles. The molecule has 0 aromatic heterocycles. The van der Waals surface area contributed by atoms with Crippen LogP contribution in [0.2, 0.25) is 0 Å². The van der Waals surface area contributed by atoms with Crippen LogP contribution in [0.1, 0.15) is 17.5 Å². The molecule has 114 valence electrons. The summed E-state index contributed by atoms with van der Waals surface area (Å²) in [6.45, 7) is 2.86. The average Bonchev–Trinajstić information content (AvgIpc) is 2.94. The Morgan fingerprint density at radius 3 is 1.91 bits per heavy atom. The van der Waals surface area contributed by atoms with Gasteiger partial charge < -0.3 is 4.74 Å². The van der Waals surface area contributed by atoms with E-state index >= 15 is 0 Å². The van der Waals surface area contributed by atoms with E-state index in [1.165, 1.54) is 11.1 Å². The van der Waals surface area contributed by atoms with Gasteiger partial charge in [0.25, 0.3) is 0 Å². The van der Waals surface area contributed by atoms with E-state index in [0.29, 0.717) is 19.6 Å². The van der Waals surface area contributed by atoms with E-state index in [1.807, 2.05) is 36.4 Å². The van der Waals surface area contributed by atoms with E-state index in [0.717, 1.165) is 13.1 Å². The van der Waals surface area contributed by atoms with Gasteiger partial charge in [-0.05, 0) is 11.1 Å². The molecule has 0 unspecified atom stereocenters. The van der Waals surface area contributed by atoms with Gasteiger partial charge in [0.2, 0.25) is 0 Å². The third-order valence-corrected chi connectivity index (χ3v) is 3.95. The smallest absolute Gasteiger partial charge is 0.165 e. The minimum atomic E-state index is -0.271.